The van der Waals surface area contributed by atoms with Crippen molar-refractivity contribution in [1.82, 2.24) is 10.3 Å². The molecule has 2 aromatic rings. The van der Waals surface area contributed by atoms with Crippen molar-refractivity contribution < 1.29 is 9.53 Å². The second-order valence-corrected chi connectivity index (χ2v) is 7.76. The first-order valence-electron chi connectivity index (χ1n) is 11.2. The predicted molar refractivity (Wildman–Crippen MR) is 118 cm³/mol. The summed E-state index contributed by atoms with van der Waals surface area (Å²) in [4.78, 5) is 14.4. The quantitative estimate of drug-likeness (QED) is 0.361. The Hall–Kier alpha value is -1.97. The molecular weight excluding hydrogens is 348 g/mol. The second kappa shape index (κ2) is 13.2. The van der Waals surface area contributed by atoms with Gasteiger partial charge in [0.25, 0.3) is 0 Å². The maximum atomic E-state index is 11.1. The molecule has 1 amide bonds. The molecule has 28 heavy (non-hydrogen) atoms. The number of aromatic amines is 1. The van der Waals surface area contributed by atoms with Gasteiger partial charge in [0.05, 0.1) is 6.61 Å². The van der Waals surface area contributed by atoms with Gasteiger partial charge in [0, 0.05) is 30.6 Å². The molecule has 0 aliphatic rings. The van der Waals surface area contributed by atoms with E-state index in [9.17, 15) is 4.79 Å². The molecular formula is C24H38N2O2. The monoisotopic (exact) mass is 386 g/mol. The second-order valence-electron chi connectivity index (χ2n) is 7.76. The molecule has 0 saturated heterocycles. The number of amides is 1. The molecule has 0 aliphatic heterocycles. The SMILES string of the molecule is CCCCCCCCCCCCOc1cccc2[nH]cc(CCNC(C)=O)c12. The summed E-state index contributed by atoms with van der Waals surface area (Å²) in [7, 11) is 0. The maximum absolute atomic E-state index is 11.1. The summed E-state index contributed by atoms with van der Waals surface area (Å²) in [6, 6.07) is 6.16. The van der Waals surface area contributed by atoms with Gasteiger partial charge in [-0.15, -0.1) is 0 Å². The lowest BCUT2D eigenvalue weighted by Gasteiger charge is -2.09. The Morgan fingerprint density at radius 2 is 1.68 bits per heavy atom. The Labute approximate surface area is 170 Å². The van der Waals surface area contributed by atoms with Crippen molar-refractivity contribution in [2.45, 2.75) is 84.5 Å². The van der Waals surface area contributed by atoms with Crippen molar-refractivity contribution in [2.24, 2.45) is 0 Å². The van der Waals surface area contributed by atoms with Crippen LogP contribution >= 0.6 is 0 Å². The molecule has 156 valence electrons. The smallest absolute Gasteiger partial charge is 0.216 e. The van der Waals surface area contributed by atoms with Gasteiger partial charge >= 0.3 is 0 Å². The highest BCUT2D eigenvalue weighted by Crippen LogP contribution is 2.29. The number of unbranched alkanes of at least 4 members (excludes halogenated alkanes) is 9. The number of carbonyl (C=O) groups is 1. The van der Waals surface area contributed by atoms with E-state index in [1.54, 1.807) is 6.92 Å². The predicted octanol–water partition coefficient (Wildman–Crippen LogP) is 6.15. The molecule has 4 heteroatoms. The van der Waals surface area contributed by atoms with Crippen LogP contribution in [0.4, 0.5) is 0 Å². The number of H-pyrrole nitrogens is 1. The maximum Gasteiger partial charge on any atom is 0.216 e. The van der Waals surface area contributed by atoms with Gasteiger partial charge in [0.15, 0.2) is 0 Å². The molecule has 1 heterocycles. The van der Waals surface area contributed by atoms with E-state index in [0.717, 1.165) is 36.1 Å². The zero-order chi connectivity index (χ0) is 20.0. The van der Waals surface area contributed by atoms with Crippen LogP contribution in [0.2, 0.25) is 0 Å². The van der Waals surface area contributed by atoms with Gasteiger partial charge in [-0.3, -0.25) is 4.79 Å². The van der Waals surface area contributed by atoms with E-state index in [-0.39, 0.29) is 5.91 Å². The molecule has 0 bridgehead atoms. The van der Waals surface area contributed by atoms with Crippen molar-refractivity contribution in [3.63, 3.8) is 0 Å². The highest BCUT2D eigenvalue weighted by atomic mass is 16.5. The van der Waals surface area contributed by atoms with E-state index in [1.165, 1.54) is 63.4 Å². The fourth-order valence-electron chi connectivity index (χ4n) is 3.68. The third kappa shape index (κ3) is 7.95. The molecule has 1 aromatic heterocycles. The zero-order valence-electron chi connectivity index (χ0n) is 17.8. The van der Waals surface area contributed by atoms with Gasteiger partial charge < -0.3 is 15.0 Å². The molecule has 0 saturated carbocycles. The average molecular weight is 387 g/mol. The highest BCUT2D eigenvalue weighted by molar-refractivity contribution is 5.89. The molecule has 0 radical (unpaired) electrons. The molecule has 0 unspecified atom stereocenters. The van der Waals surface area contributed by atoms with Crippen LogP contribution in [-0.4, -0.2) is 24.0 Å². The summed E-state index contributed by atoms with van der Waals surface area (Å²) >= 11 is 0. The number of nitrogens with one attached hydrogen (secondary N) is 2. The molecule has 2 rings (SSSR count). The number of rotatable bonds is 15. The van der Waals surface area contributed by atoms with Crippen molar-refractivity contribution in [3.05, 3.63) is 30.0 Å². The fourth-order valence-corrected chi connectivity index (χ4v) is 3.68. The largest absolute Gasteiger partial charge is 0.493 e. The average Bonchev–Trinajstić information content (AvgIpc) is 3.10. The highest BCUT2D eigenvalue weighted by Gasteiger charge is 2.09. The molecule has 4 nitrogen and oxygen atoms in total. The number of fused-ring (bicyclic) bond motifs is 1. The third-order valence-electron chi connectivity index (χ3n) is 5.27. The van der Waals surface area contributed by atoms with Crippen molar-refractivity contribution in [2.75, 3.05) is 13.2 Å². The summed E-state index contributed by atoms with van der Waals surface area (Å²) in [5.41, 5.74) is 2.29. The van der Waals surface area contributed by atoms with Gasteiger partial charge in [-0.1, -0.05) is 70.8 Å². The summed E-state index contributed by atoms with van der Waals surface area (Å²) in [6.07, 6.45) is 16.2. The van der Waals surface area contributed by atoms with E-state index in [1.807, 2.05) is 18.3 Å². The van der Waals surface area contributed by atoms with Gasteiger partial charge in [-0.25, -0.2) is 0 Å². The van der Waals surface area contributed by atoms with Crippen LogP contribution in [-0.2, 0) is 11.2 Å². The van der Waals surface area contributed by atoms with Gasteiger partial charge in [-0.05, 0) is 30.5 Å². The Morgan fingerprint density at radius 1 is 1.00 bits per heavy atom. The van der Waals surface area contributed by atoms with Crippen LogP contribution < -0.4 is 10.1 Å². The molecule has 0 spiro atoms. The Balaban J connectivity index is 1.68. The number of hydrogen-bond acceptors (Lipinski definition) is 2. The summed E-state index contributed by atoms with van der Waals surface area (Å²) < 4.78 is 6.11. The van der Waals surface area contributed by atoms with Crippen LogP contribution in [0.15, 0.2) is 24.4 Å². The summed E-state index contributed by atoms with van der Waals surface area (Å²) in [5.74, 6) is 0.963. The Kier molecular flexibility index (Phi) is 10.6. The minimum atomic E-state index is 0.0114. The fraction of sp³-hybridized carbons (Fsp3) is 0.625. The lowest BCUT2D eigenvalue weighted by Crippen LogP contribution is -2.22. The Bertz CT molecular complexity index is 693. The topological polar surface area (TPSA) is 54.1 Å². The molecule has 0 aliphatic carbocycles. The first-order chi connectivity index (χ1) is 13.7. The van der Waals surface area contributed by atoms with Crippen LogP contribution in [0.1, 0.15) is 83.6 Å². The number of hydrogen-bond donors (Lipinski definition) is 2. The zero-order valence-corrected chi connectivity index (χ0v) is 17.8. The van der Waals surface area contributed by atoms with Crippen LogP contribution in [0.3, 0.4) is 0 Å². The summed E-state index contributed by atoms with van der Waals surface area (Å²) in [6.45, 7) is 5.24. The van der Waals surface area contributed by atoms with Gasteiger partial charge in [0.2, 0.25) is 5.91 Å². The van der Waals surface area contributed by atoms with E-state index in [0.29, 0.717) is 6.54 Å². The lowest BCUT2D eigenvalue weighted by molar-refractivity contribution is -0.118. The normalized spacial score (nSPS) is 11.1. The minimum absolute atomic E-state index is 0.0114. The standard InChI is InChI=1S/C24H38N2O2/c1-3-4-5-6-7-8-9-10-11-12-18-28-23-15-13-14-22-24(23)21(19-26-22)16-17-25-20(2)27/h13-15,19,26H,3-12,16-18H2,1-2H3,(H,25,27). The van der Waals surface area contributed by atoms with E-state index >= 15 is 0 Å². The van der Waals surface area contributed by atoms with Crippen molar-refractivity contribution in [3.8, 4) is 5.75 Å². The number of benzene rings is 1. The first-order valence-corrected chi connectivity index (χ1v) is 11.2. The van der Waals surface area contributed by atoms with Crippen LogP contribution in [0, 0.1) is 0 Å². The molecule has 0 fully saturated rings. The van der Waals surface area contributed by atoms with E-state index < -0.39 is 0 Å². The van der Waals surface area contributed by atoms with Crippen LogP contribution in [0.25, 0.3) is 10.9 Å². The molecule has 1 aromatic carbocycles. The van der Waals surface area contributed by atoms with Crippen molar-refractivity contribution >= 4 is 16.8 Å². The van der Waals surface area contributed by atoms with E-state index in [4.69, 9.17) is 4.74 Å². The Morgan fingerprint density at radius 3 is 2.36 bits per heavy atom. The van der Waals surface area contributed by atoms with Crippen molar-refractivity contribution in [1.29, 1.82) is 0 Å². The first kappa shape index (κ1) is 22.3. The van der Waals surface area contributed by atoms with Gasteiger partial charge in [0.1, 0.15) is 5.75 Å². The lowest BCUT2D eigenvalue weighted by atomic mass is 10.1. The van der Waals surface area contributed by atoms with Crippen LogP contribution in [0.5, 0.6) is 5.75 Å². The number of aromatic nitrogens is 1. The molecule has 2 N–H and O–H groups in total. The third-order valence-corrected chi connectivity index (χ3v) is 5.27. The number of carbonyl (C=O) groups excluding carboxylic acids is 1. The van der Waals surface area contributed by atoms with E-state index in [2.05, 4.69) is 23.3 Å². The summed E-state index contributed by atoms with van der Waals surface area (Å²) in [5, 5.41) is 4.02. The number of ether oxygens (including phenoxy) is 1. The van der Waals surface area contributed by atoms with Gasteiger partial charge in [-0.2, -0.15) is 0 Å². The minimum Gasteiger partial charge on any atom is -0.493 e. The molecule has 0 atom stereocenters.